The molecule has 2 aromatic rings. The lowest BCUT2D eigenvalue weighted by Crippen LogP contribution is -1.97. The van der Waals surface area contributed by atoms with E-state index in [1.165, 1.54) is 25.3 Å². The Morgan fingerprint density at radius 1 is 1.35 bits per heavy atom. The Bertz CT molecular complexity index is 524. The molecule has 0 amide bonds. The molecule has 0 fully saturated rings. The first-order chi connectivity index (χ1) is 8.11. The van der Waals surface area contributed by atoms with Crippen LogP contribution < -0.4 is 0 Å². The van der Waals surface area contributed by atoms with Crippen LogP contribution in [0.25, 0.3) is 11.5 Å². The van der Waals surface area contributed by atoms with E-state index in [-0.39, 0.29) is 29.1 Å². The van der Waals surface area contributed by atoms with Crippen molar-refractivity contribution >= 4 is 0 Å². The van der Waals surface area contributed by atoms with E-state index in [0.29, 0.717) is 5.82 Å². The maximum Gasteiger partial charge on any atom is 0.261 e. The summed E-state index contributed by atoms with van der Waals surface area (Å²) < 4.78 is 10.0. The predicted octanol–water partition coefficient (Wildman–Crippen LogP) is 1.86. The van der Waals surface area contributed by atoms with Crippen LogP contribution in [0.5, 0.6) is 11.5 Å². The Hall–Kier alpha value is -2.08. The number of hydrogen-bond acceptors (Lipinski definition) is 6. The van der Waals surface area contributed by atoms with E-state index >= 15 is 0 Å². The second-order valence-electron chi connectivity index (χ2n) is 3.54. The third kappa shape index (κ3) is 2.21. The largest absolute Gasteiger partial charge is 0.508 e. The zero-order valence-corrected chi connectivity index (χ0v) is 9.41. The first-order valence-electron chi connectivity index (χ1n) is 5.00. The summed E-state index contributed by atoms with van der Waals surface area (Å²) in [6.45, 7) is 1.77. The minimum absolute atomic E-state index is 0.0114. The molecule has 6 nitrogen and oxygen atoms in total. The fourth-order valence-corrected chi connectivity index (χ4v) is 1.31. The summed E-state index contributed by atoms with van der Waals surface area (Å²) >= 11 is 0. The highest BCUT2D eigenvalue weighted by atomic mass is 16.5. The van der Waals surface area contributed by atoms with E-state index in [0.717, 1.165) is 0 Å². The van der Waals surface area contributed by atoms with Crippen LogP contribution in [-0.4, -0.2) is 27.5 Å². The lowest BCUT2D eigenvalue weighted by molar-refractivity contribution is 0.109. The van der Waals surface area contributed by atoms with Gasteiger partial charge in [-0.05, 0) is 25.1 Å². The lowest BCUT2D eigenvalue weighted by Gasteiger charge is -2.01. The summed E-state index contributed by atoms with van der Waals surface area (Å²) in [6.07, 6.45) is -0.299. The maximum atomic E-state index is 9.62. The van der Waals surface area contributed by atoms with Crippen LogP contribution >= 0.6 is 0 Å². The molecule has 0 aliphatic rings. The van der Waals surface area contributed by atoms with Crippen molar-refractivity contribution in [2.75, 3.05) is 7.11 Å². The summed E-state index contributed by atoms with van der Waals surface area (Å²) in [7, 11) is 1.53. The quantitative estimate of drug-likeness (QED) is 0.790. The number of ether oxygens (including phenoxy) is 1. The van der Waals surface area contributed by atoms with Gasteiger partial charge in [0.25, 0.3) is 5.89 Å². The van der Waals surface area contributed by atoms with Crippen molar-refractivity contribution in [2.45, 2.75) is 13.0 Å². The fraction of sp³-hybridized carbons (Fsp3) is 0.273. The Morgan fingerprint density at radius 3 is 2.82 bits per heavy atom. The molecule has 1 unspecified atom stereocenters. The molecule has 0 spiro atoms. The SMILES string of the molecule is COC(C)c1noc(-c2cc(O)ccc2O)n1. The number of methoxy groups -OCH3 is 1. The Balaban J connectivity index is 2.40. The maximum absolute atomic E-state index is 9.62. The first-order valence-corrected chi connectivity index (χ1v) is 5.00. The molecule has 2 N–H and O–H groups in total. The van der Waals surface area contributed by atoms with Crippen molar-refractivity contribution in [3.8, 4) is 23.0 Å². The summed E-state index contributed by atoms with van der Waals surface area (Å²) in [5.41, 5.74) is 0.284. The number of aromatic nitrogens is 2. The van der Waals surface area contributed by atoms with Gasteiger partial charge in [-0.25, -0.2) is 0 Å². The molecular formula is C11H12N2O4. The Kier molecular flexibility index (Phi) is 2.97. The fourth-order valence-electron chi connectivity index (χ4n) is 1.31. The van der Waals surface area contributed by atoms with E-state index in [1.54, 1.807) is 6.92 Å². The van der Waals surface area contributed by atoms with Crippen LogP contribution in [0.3, 0.4) is 0 Å². The van der Waals surface area contributed by atoms with Crippen molar-refractivity contribution in [1.82, 2.24) is 10.1 Å². The molecule has 1 aromatic heterocycles. The summed E-state index contributed by atoms with van der Waals surface area (Å²) in [6, 6.07) is 4.08. The van der Waals surface area contributed by atoms with Crippen LogP contribution in [0.4, 0.5) is 0 Å². The van der Waals surface area contributed by atoms with E-state index < -0.39 is 0 Å². The average Bonchev–Trinajstić information content (AvgIpc) is 2.80. The van der Waals surface area contributed by atoms with Crippen LogP contribution in [0.1, 0.15) is 18.9 Å². The molecule has 0 bridgehead atoms. The third-order valence-electron chi connectivity index (χ3n) is 2.37. The zero-order chi connectivity index (χ0) is 12.4. The van der Waals surface area contributed by atoms with Gasteiger partial charge in [0.15, 0.2) is 0 Å². The van der Waals surface area contributed by atoms with E-state index in [2.05, 4.69) is 10.1 Å². The number of benzene rings is 1. The van der Waals surface area contributed by atoms with Crippen LogP contribution in [-0.2, 0) is 4.74 Å². The van der Waals surface area contributed by atoms with E-state index in [9.17, 15) is 10.2 Å². The summed E-state index contributed by atoms with van der Waals surface area (Å²) in [5, 5.41) is 22.7. The second kappa shape index (κ2) is 4.42. The van der Waals surface area contributed by atoms with Crippen LogP contribution in [0, 0.1) is 0 Å². The van der Waals surface area contributed by atoms with Crippen molar-refractivity contribution in [3.63, 3.8) is 0 Å². The molecule has 0 saturated heterocycles. The molecule has 0 aliphatic carbocycles. The van der Waals surface area contributed by atoms with Crippen molar-refractivity contribution < 1.29 is 19.5 Å². The van der Waals surface area contributed by atoms with Gasteiger partial charge in [-0.15, -0.1) is 0 Å². The molecule has 0 saturated carbocycles. The Morgan fingerprint density at radius 2 is 2.12 bits per heavy atom. The standard InChI is InChI=1S/C11H12N2O4/c1-6(16-2)10-12-11(17-13-10)8-5-7(14)3-4-9(8)15/h3-6,14-15H,1-2H3. The van der Waals surface area contributed by atoms with Crippen LogP contribution in [0.15, 0.2) is 22.7 Å². The number of nitrogens with zero attached hydrogens (tertiary/aromatic N) is 2. The molecule has 1 atom stereocenters. The Labute approximate surface area is 97.5 Å². The highest BCUT2D eigenvalue weighted by molar-refractivity contribution is 5.64. The van der Waals surface area contributed by atoms with Crippen LogP contribution in [0.2, 0.25) is 0 Å². The van der Waals surface area contributed by atoms with Gasteiger partial charge >= 0.3 is 0 Å². The number of aromatic hydroxyl groups is 2. The van der Waals surface area contributed by atoms with E-state index in [4.69, 9.17) is 9.26 Å². The highest BCUT2D eigenvalue weighted by Gasteiger charge is 2.16. The number of phenolic OH excluding ortho intramolecular Hbond substituents is 2. The number of hydrogen-bond donors (Lipinski definition) is 2. The van der Waals surface area contributed by atoms with Gasteiger partial charge in [-0.1, -0.05) is 5.16 Å². The van der Waals surface area contributed by atoms with Crippen molar-refractivity contribution in [3.05, 3.63) is 24.0 Å². The van der Waals surface area contributed by atoms with E-state index in [1.807, 2.05) is 0 Å². The molecule has 6 heteroatoms. The van der Waals surface area contributed by atoms with Gasteiger partial charge < -0.3 is 19.5 Å². The van der Waals surface area contributed by atoms with Gasteiger partial charge in [-0.2, -0.15) is 4.98 Å². The average molecular weight is 236 g/mol. The van der Waals surface area contributed by atoms with Gasteiger partial charge in [0.1, 0.15) is 17.6 Å². The monoisotopic (exact) mass is 236 g/mol. The summed E-state index contributed by atoms with van der Waals surface area (Å²) in [4.78, 5) is 4.08. The topological polar surface area (TPSA) is 88.6 Å². The third-order valence-corrected chi connectivity index (χ3v) is 2.37. The normalized spacial score (nSPS) is 12.6. The molecule has 0 radical (unpaired) electrons. The van der Waals surface area contributed by atoms with Gasteiger partial charge in [0, 0.05) is 7.11 Å². The number of rotatable bonds is 3. The summed E-state index contributed by atoms with van der Waals surface area (Å²) in [5.74, 6) is 0.489. The molecule has 90 valence electrons. The molecular weight excluding hydrogens is 224 g/mol. The van der Waals surface area contributed by atoms with Gasteiger partial charge in [-0.3, -0.25) is 0 Å². The number of phenols is 2. The van der Waals surface area contributed by atoms with Crippen molar-refractivity contribution in [2.24, 2.45) is 0 Å². The highest BCUT2D eigenvalue weighted by Crippen LogP contribution is 2.31. The minimum atomic E-state index is -0.299. The lowest BCUT2D eigenvalue weighted by atomic mass is 10.2. The molecule has 17 heavy (non-hydrogen) atoms. The zero-order valence-electron chi connectivity index (χ0n) is 9.41. The minimum Gasteiger partial charge on any atom is -0.508 e. The van der Waals surface area contributed by atoms with Gasteiger partial charge in [0.2, 0.25) is 5.82 Å². The van der Waals surface area contributed by atoms with Crippen molar-refractivity contribution in [1.29, 1.82) is 0 Å². The molecule has 0 aliphatic heterocycles. The molecule has 1 aromatic carbocycles. The molecule has 2 rings (SSSR count). The smallest absolute Gasteiger partial charge is 0.261 e. The first kappa shape index (κ1) is 11.4. The second-order valence-corrected chi connectivity index (χ2v) is 3.54. The molecule has 1 heterocycles. The predicted molar refractivity (Wildman–Crippen MR) is 58.5 cm³/mol. The van der Waals surface area contributed by atoms with Gasteiger partial charge in [0.05, 0.1) is 5.56 Å².